The van der Waals surface area contributed by atoms with Gasteiger partial charge in [-0.25, -0.2) is 4.98 Å². The van der Waals surface area contributed by atoms with Crippen molar-refractivity contribution in [2.75, 3.05) is 0 Å². The summed E-state index contributed by atoms with van der Waals surface area (Å²) >= 11 is 0. The van der Waals surface area contributed by atoms with Crippen LogP contribution < -0.4 is 0 Å². The maximum absolute atomic E-state index is 5.12. The molecule has 3 rings (SSSR count). The molecule has 2 heterocycles. The first-order valence-electron chi connectivity index (χ1n) is 5.24. The third kappa shape index (κ3) is 1.82. The maximum atomic E-state index is 5.12. The van der Waals surface area contributed by atoms with Gasteiger partial charge >= 0.3 is 0 Å². The molecule has 0 radical (unpaired) electrons. The van der Waals surface area contributed by atoms with E-state index in [1.165, 1.54) is 0 Å². The predicted octanol–water partition coefficient (Wildman–Crippen LogP) is 2.44. The van der Waals surface area contributed by atoms with Crippen LogP contribution >= 0.6 is 0 Å². The van der Waals surface area contributed by atoms with Crippen LogP contribution in [-0.2, 0) is 0 Å². The quantitative estimate of drug-likeness (QED) is 0.728. The zero-order valence-corrected chi connectivity index (χ0v) is 9.21. The first kappa shape index (κ1) is 9.77. The minimum atomic E-state index is 0.587. The van der Waals surface area contributed by atoms with Crippen molar-refractivity contribution >= 4 is 0 Å². The highest BCUT2D eigenvalue weighted by Crippen LogP contribution is 2.19. The van der Waals surface area contributed by atoms with Gasteiger partial charge in [0.05, 0.1) is 5.69 Å². The lowest BCUT2D eigenvalue weighted by atomic mass is 10.2. The van der Waals surface area contributed by atoms with E-state index in [9.17, 15) is 0 Å². The molecule has 84 valence electrons. The molecule has 0 aliphatic carbocycles. The Morgan fingerprint density at radius 2 is 2.00 bits per heavy atom. The molecule has 1 aromatic carbocycles. The number of nitrogens with one attached hydrogen (secondary N) is 1. The van der Waals surface area contributed by atoms with Crippen LogP contribution in [-0.4, -0.2) is 20.3 Å². The second-order valence-electron chi connectivity index (χ2n) is 3.71. The molecular weight excluding hydrogens is 216 g/mol. The lowest BCUT2D eigenvalue weighted by Crippen LogP contribution is -1.79. The molecule has 0 saturated carbocycles. The highest BCUT2D eigenvalue weighted by Gasteiger charge is 2.10. The summed E-state index contributed by atoms with van der Waals surface area (Å²) in [6, 6.07) is 11.6. The molecule has 2 aromatic heterocycles. The Kier molecular flexibility index (Phi) is 2.22. The molecule has 5 heteroatoms. The van der Waals surface area contributed by atoms with Gasteiger partial charge in [0.2, 0.25) is 5.76 Å². The number of aryl methyl sites for hydroxylation is 1. The Morgan fingerprint density at radius 3 is 2.71 bits per heavy atom. The first-order chi connectivity index (χ1) is 8.33. The van der Waals surface area contributed by atoms with Crippen molar-refractivity contribution in [2.24, 2.45) is 0 Å². The maximum Gasteiger partial charge on any atom is 0.203 e. The molecule has 0 saturated heterocycles. The van der Waals surface area contributed by atoms with E-state index in [0.717, 1.165) is 11.3 Å². The zero-order chi connectivity index (χ0) is 11.7. The number of hydrogen-bond donors (Lipinski definition) is 1. The lowest BCUT2D eigenvalue weighted by Gasteiger charge is -1.91. The van der Waals surface area contributed by atoms with E-state index in [2.05, 4.69) is 20.3 Å². The summed E-state index contributed by atoms with van der Waals surface area (Å²) in [7, 11) is 0. The normalized spacial score (nSPS) is 10.6. The highest BCUT2D eigenvalue weighted by atomic mass is 16.5. The smallest absolute Gasteiger partial charge is 0.203 e. The fourth-order valence-corrected chi connectivity index (χ4v) is 1.56. The molecule has 5 nitrogen and oxygen atoms in total. The Morgan fingerprint density at radius 1 is 1.18 bits per heavy atom. The molecule has 1 N–H and O–H groups in total. The Hall–Kier alpha value is -2.43. The second kappa shape index (κ2) is 3.86. The molecule has 0 spiro atoms. The van der Waals surface area contributed by atoms with Crippen molar-refractivity contribution in [1.29, 1.82) is 0 Å². The third-order valence-electron chi connectivity index (χ3n) is 2.38. The van der Waals surface area contributed by atoms with Gasteiger partial charge in [-0.3, -0.25) is 5.10 Å². The molecule has 0 unspecified atom stereocenters. The standard InChI is InChI=1S/C12H10N4O/c1-8-7-10(17-16-8)12-13-11(14-15-12)9-5-3-2-4-6-9/h2-7H,1H3,(H,13,14,15). The van der Waals surface area contributed by atoms with E-state index in [1.807, 2.05) is 43.3 Å². The van der Waals surface area contributed by atoms with E-state index in [1.54, 1.807) is 0 Å². The number of hydrogen-bond acceptors (Lipinski definition) is 4. The van der Waals surface area contributed by atoms with Crippen molar-refractivity contribution < 1.29 is 4.52 Å². The number of aromatic nitrogens is 4. The molecule has 17 heavy (non-hydrogen) atoms. The molecule has 0 bridgehead atoms. The Labute approximate surface area is 97.5 Å². The van der Waals surface area contributed by atoms with Crippen molar-refractivity contribution in [2.45, 2.75) is 6.92 Å². The molecule has 0 atom stereocenters. The van der Waals surface area contributed by atoms with E-state index in [-0.39, 0.29) is 0 Å². The number of H-pyrrole nitrogens is 1. The van der Waals surface area contributed by atoms with Gasteiger partial charge in [-0.15, -0.1) is 0 Å². The number of aromatic amines is 1. The molecule has 0 aliphatic rings. The van der Waals surface area contributed by atoms with Gasteiger partial charge in [-0.05, 0) is 6.92 Å². The average molecular weight is 226 g/mol. The van der Waals surface area contributed by atoms with Gasteiger partial charge in [0.25, 0.3) is 0 Å². The number of rotatable bonds is 2. The summed E-state index contributed by atoms with van der Waals surface area (Å²) in [6.07, 6.45) is 0. The van der Waals surface area contributed by atoms with Gasteiger partial charge in [-0.2, -0.15) is 5.10 Å². The van der Waals surface area contributed by atoms with Crippen LogP contribution in [0.4, 0.5) is 0 Å². The highest BCUT2D eigenvalue weighted by molar-refractivity contribution is 5.58. The Bertz CT molecular complexity index is 627. The second-order valence-corrected chi connectivity index (χ2v) is 3.71. The van der Waals surface area contributed by atoms with Crippen LogP contribution in [0.2, 0.25) is 0 Å². The van der Waals surface area contributed by atoms with Gasteiger partial charge in [0.1, 0.15) is 0 Å². The summed E-state index contributed by atoms with van der Waals surface area (Å²) in [4.78, 5) is 4.36. The number of nitrogens with zero attached hydrogens (tertiary/aromatic N) is 3. The van der Waals surface area contributed by atoms with E-state index in [4.69, 9.17) is 4.52 Å². The number of benzene rings is 1. The van der Waals surface area contributed by atoms with Crippen LogP contribution in [0.15, 0.2) is 40.9 Å². The molecule has 0 amide bonds. The SMILES string of the molecule is Cc1cc(-c2nc(-c3ccccc3)n[nH]2)on1. The summed E-state index contributed by atoms with van der Waals surface area (Å²) in [5.41, 5.74) is 1.78. The lowest BCUT2D eigenvalue weighted by molar-refractivity contribution is 0.424. The van der Waals surface area contributed by atoms with Gasteiger partial charge in [0, 0.05) is 11.6 Å². The van der Waals surface area contributed by atoms with Crippen LogP contribution in [0.1, 0.15) is 5.69 Å². The van der Waals surface area contributed by atoms with E-state index in [0.29, 0.717) is 17.4 Å². The average Bonchev–Trinajstić information content (AvgIpc) is 2.98. The van der Waals surface area contributed by atoms with Crippen molar-refractivity contribution in [3.05, 3.63) is 42.1 Å². The van der Waals surface area contributed by atoms with Gasteiger partial charge in [0.15, 0.2) is 11.6 Å². The predicted molar refractivity (Wildman–Crippen MR) is 62.1 cm³/mol. The van der Waals surface area contributed by atoms with Gasteiger partial charge in [-0.1, -0.05) is 35.5 Å². The molecular formula is C12H10N4O. The Balaban J connectivity index is 1.99. The van der Waals surface area contributed by atoms with E-state index >= 15 is 0 Å². The molecule has 3 aromatic rings. The minimum absolute atomic E-state index is 0.587. The van der Waals surface area contributed by atoms with Crippen LogP contribution in [0.5, 0.6) is 0 Å². The zero-order valence-electron chi connectivity index (χ0n) is 9.21. The van der Waals surface area contributed by atoms with Crippen LogP contribution in [0.3, 0.4) is 0 Å². The fraction of sp³-hybridized carbons (Fsp3) is 0.0833. The van der Waals surface area contributed by atoms with E-state index < -0.39 is 0 Å². The summed E-state index contributed by atoms with van der Waals surface area (Å²) in [5, 5.41) is 10.8. The summed E-state index contributed by atoms with van der Waals surface area (Å²) < 4.78 is 5.12. The van der Waals surface area contributed by atoms with Gasteiger partial charge < -0.3 is 4.52 Å². The molecule has 0 fully saturated rings. The summed E-state index contributed by atoms with van der Waals surface area (Å²) in [5.74, 6) is 1.83. The fourth-order valence-electron chi connectivity index (χ4n) is 1.56. The largest absolute Gasteiger partial charge is 0.353 e. The van der Waals surface area contributed by atoms with Crippen LogP contribution in [0, 0.1) is 6.92 Å². The first-order valence-corrected chi connectivity index (χ1v) is 5.24. The molecule has 0 aliphatic heterocycles. The monoisotopic (exact) mass is 226 g/mol. The third-order valence-corrected chi connectivity index (χ3v) is 2.38. The minimum Gasteiger partial charge on any atom is -0.353 e. The topological polar surface area (TPSA) is 67.6 Å². The van der Waals surface area contributed by atoms with Crippen LogP contribution in [0.25, 0.3) is 23.0 Å². The van der Waals surface area contributed by atoms with Crippen molar-refractivity contribution in [3.63, 3.8) is 0 Å². The van der Waals surface area contributed by atoms with Crippen molar-refractivity contribution in [3.8, 4) is 23.0 Å². The van der Waals surface area contributed by atoms with Crippen molar-refractivity contribution in [1.82, 2.24) is 20.3 Å². The summed E-state index contributed by atoms with van der Waals surface area (Å²) in [6.45, 7) is 1.86.